The van der Waals surface area contributed by atoms with Crippen molar-refractivity contribution in [1.82, 2.24) is 19.5 Å². The van der Waals surface area contributed by atoms with Crippen molar-refractivity contribution in [3.63, 3.8) is 0 Å². The number of fused-ring (bicyclic) bond motifs is 1. The number of aromatic amines is 1. The van der Waals surface area contributed by atoms with Crippen LogP contribution in [0.15, 0.2) is 44.9 Å². The van der Waals surface area contributed by atoms with Gasteiger partial charge in [0.2, 0.25) is 0 Å². The van der Waals surface area contributed by atoms with Gasteiger partial charge in [0.25, 0.3) is 5.56 Å². The van der Waals surface area contributed by atoms with Gasteiger partial charge in [-0.05, 0) is 37.8 Å². The summed E-state index contributed by atoms with van der Waals surface area (Å²) in [5.41, 5.74) is -0.297. The molecule has 0 amide bonds. The van der Waals surface area contributed by atoms with Crippen LogP contribution in [0, 0.1) is 0 Å². The quantitative estimate of drug-likeness (QED) is 0.375. The second-order valence-corrected chi connectivity index (χ2v) is 8.31. The minimum absolute atomic E-state index is 0.132. The highest BCUT2D eigenvalue weighted by molar-refractivity contribution is 7.99. The van der Waals surface area contributed by atoms with Gasteiger partial charge in [-0.15, -0.1) is 11.8 Å². The van der Waals surface area contributed by atoms with Crippen LogP contribution in [0.5, 0.6) is 5.75 Å². The number of hydrogen-bond acceptors (Lipinski definition) is 6. The number of rotatable bonds is 7. The molecule has 2 aliphatic rings. The number of nitrogens with zero attached hydrogens (tertiary/aromatic N) is 3. The average molecular weight is 396 g/mol. The van der Waals surface area contributed by atoms with Gasteiger partial charge < -0.3 is 4.74 Å². The van der Waals surface area contributed by atoms with E-state index in [9.17, 15) is 9.59 Å². The summed E-state index contributed by atoms with van der Waals surface area (Å²) in [6, 6.07) is 9.76. The predicted octanol–water partition coefficient (Wildman–Crippen LogP) is 2.86. The number of para-hydroxylation sites is 1. The normalized spacial score (nSPS) is 16.4. The van der Waals surface area contributed by atoms with Crippen molar-refractivity contribution in [3.8, 4) is 5.75 Å². The monoisotopic (exact) mass is 396 g/mol. The van der Waals surface area contributed by atoms with Gasteiger partial charge in [0.05, 0.1) is 6.61 Å². The SMILES string of the molecule is O=c1[nH]c(=O)n(C2CC2)c2nc(C3CC3)nc(SCCOc3ccccc3)c12. The molecule has 3 aromatic rings. The first-order valence-electron chi connectivity index (χ1n) is 9.58. The molecule has 2 saturated carbocycles. The third kappa shape index (κ3) is 3.44. The highest BCUT2D eigenvalue weighted by atomic mass is 32.2. The van der Waals surface area contributed by atoms with Crippen LogP contribution < -0.4 is 16.0 Å². The van der Waals surface area contributed by atoms with Crippen LogP contribution in [0.1, 0.15) is 43.5 Å². The van der Waals surface area contributed by atoms with Gasteiger partial charge in [-0.25, -0.2) is 14.8 Å². The van der Waals surface area contributed by atoms with Crippen LogP contribution in [-0.4, -0.2) is 31.9 Å². The van der Waals surface area contributed by atoms with Crippen molar-refractivity contribution in [2.45, 2.75) is 42.7 Å². The third-order valence-electron chi connectivity index (χ3n) is 4.96. The van der Waals surface area contributed by atoms with Gasteiger partial charge in [-0.2, -0.15) is 0 Å². The summed E-state index contributed by atoms with van der Waals surface area (Å²) in [7, 11) is 0. The fourth-order valence-electron chi connectivity index (χ4n) is 3.25. The summed E-state index contributed by atoms with van der Waals surface area (Å²) in [5, 5.41) is 1.06. The number of hydrogen-bond donors (Lipinski definition) is 1. The number of ether oxygens (including phenoxy) is 1. The van der Waals surface area contributed by atoms with Gasteiger partial charge in [0.15, 0.2) is 5.65 Å². The summed E-state index contributed by atoms with van der Waals surface area (Å²) < 4.78 is 7.39. The zero-order chi connectivity index (χ0) is 19.1. The molecule has 0 unspecified atom stereocenters. The van der Waals surface area contributed by atoms with E-state index in [4.69, 9.17) is 4.74 Å². The molecule has 1 aromatic carbocycles. The van der Waals surface area contributed by atoms with Crippen molar-refractivity contribution in [2.24, 2.45) is 0 Å². The standard InChI is InChI=1S/C20H20N4O3S/c25-18-15-17(24(13-8-9-13)20(26)23-18)21-16(12-6-7-12)22-19(15)28-11-10-27-14-4-2-1-3-5-14/h1-5,12-13H,6-11H2,(H,23,25,26). The van der Waals surface area contributed by atoms with Gasteiger partial charge in [-0.3, -0.25) is 14.3 Å². The molecule has 2 heterocycles. The fraction of sp³-hybridized carbons (Fsp3) is 0.400. The predicted molar refractivity (Wildman–Crippen MR) is 107 cm³/mol. The Labute approximate surface area is 165 Å². The Morgan fingerprint density at radius 1 is 1.11 bits per heavy atom. The highest BCUT2D eigenvalue weighted by Gasteiger charge is 2.32. The van der Waals surface area contributed by atoms with Crippen molar-refractivity contribution in [1.29, 1.82) is 0 Å². The van der Waals surface area contributed by atoms with Crippen molar-refractivity contribution in [3.05, 3.63) is 57.0 Å². The van der Waals surface area contributed by atoms with Crippen molar-refractivity contribution >= 4 is 22.8 Å². The van der Waals surface area contributed by atoms with Crippen LogP contribution in [0.2, 0.25) is 0 Å². The van der Waals surface area contributed by atoms with Crippen LogP contribution >= 0.6 is 11.8 Å². The van der Waals surface area contributed by atoms with E-state index in [0.717, 1.165) is 37.3 Å². The van der Waals surface area contributed by atoms with Crippen molar-refractivity contribution in [2.75, 3.05) is 12.4 Å². The number of aromatic nitrogens is 4. The Morgan fingerprint density at radius 2 is 1.89 bits per heavy atom. The lowest BCUT2D eigenvalue weighted by Gasteiger charge is -2.12. The number of benzene rings is 1. The molecule has 2 aliphatic carbocycles. The lowest BCUT2D eigenvalue weighted by atomic mass is 10.3. The molecule has 8 heteroatoms. The lowest BCUT2D eigenvalue weighted by Crippen LogP contribution is -2.31. The summed E-state index contributed by atoms with van der Waals surface area (Å²) >= 11 is 1.48. The lowest BCUT2D eigenvalue weighted by molar-refractivity contribution is 0.344. The molecule has 0 aliphatic heterocycles. The first-order valence-corrected chi connectivity index (χ1v) is 10.6. The molecule has 5 rings (SSSR count). The molecule has 2 fully saturated rings. The first kappa shape index (κ1) is 17.5. The number of nitrogens with one attached hydrogen (secondary N) is 1. The largest absolute Gasteiger partial charge is 0.493 e. The first-order chi connectivity index (χ1) is 13.7. The molecule has 0 atom stereocenters. The Hall–Kier alpha value is -2.61. The van der Waals surface area contributed by atoms with E-state index in [-0.39, 0.29) is 11.7 Å². The highest BCUT2D eigenvalue weighted by Crippen LogP contribution is 2.40. The van der Waals surface area contributed by atoms with E-state index >= 15 is 0 Å². The zero-order valence-electron chi connectivity index (χ0n) is 15.3. The Kier molecular flexibility index (Phi) is 4.43. The van der Waals surface area contributed by atoms with E-state index in [1.807, 2.05) is 30.3 Å². The maximum Gasteiger partial charge on any atom is 0.330 e. The molecule has 0 radical (unpaired) electrons. The van der Waals surface area contributed by atoms with Crippen LogP contribution in [-0.2, 0) is 0 Å². The summed E-state index contributed by atoms with van der Waals surface area (Å²) in [4.78, 5) is 36.7. The second kappa shape index (κ2) is 7.09. The van der Waals surface area contributed by atoms with E-state index in [0.29, 0.717) is 34.3 Å². The fourth-order valence-corrected chi connectivity index (χ4v) is 4.10. The summed E-state index contributed by atoms with van der Waals surface area (Å²) in [6.07, 6.45) is 4.00. The van der Waals surface area contributed by atoms with Gasteiger partial charge in [-0.1, -0.05) is 18.2 Å². The summed E-state index contributed by atoms with van der Waals surface area (Å²) in [5.74, 6) is 2.55. The molecule has 0 saturated heterocycles. The maximum atomic E-state index is 12.6. The van der Waals surface area contributed by atoms with Gasteiger partial charge >= 0.3 is 5.69 Å². The molecule has 1 N–H and O–H groups in total. The molecule has 0 spiro atoms. The average Bonchev–Trinajstić information content (AvgIpc) is 3.59. The van der Waals surface area contributed by atoms with E-state index in [1.54, 1.807) is 4.57 Å². The second-order valence-electron chi connectivity index (χ2n) is 7.23. The molecular weight excluding hydrogens is 376 g/mol. The van der Waals surface area contributed by atoms with E-state index < -0.39 is 5.56 Å². The summed E-state index contributed by atoms with van der Waals surface area (Å²) in [6.45, 7) is 0.499. The number of thioether (sulfide) groups is 1. The molecular formula is C20H20N4O3S. The van der Waals surface area contributed by atoms with E-state index in [2.05, 4.69) is 15.0 Å². The van der Waals surface area contributed by atoms with Crippen molar-refractivity contribution < 1.29 is 4.74 Å². The van der Waals surface area contributed by atoms with E-state index in [1.165, 1.54) is 11.8 Å². The third-order valence-corrected chi connectivity index (χ3v) is 5.90. The van der Waals surface area contributed by atoms with Crippen LogP contribution in [0.25, 0.3) is 11.0 Å². The minimum atomic E-state index is -0.411. The van der Waals surface area contributed by atoms with Gasteiger partial charge in [0.1, 0.15) is 22.0 Å². The van der Waals surface area contributed by atoms with Gasteiger partial charge in [0, 0.05) is 17.7 Å². The zero-order valence-corrected chi connectivity index (χ0v) is 16.1. The molecule has 0 bridgehead atoms. The Morgan fingerprint density at radius 3 is 2.61 bits per heavy atom. The molecule has 7 nitrogen and oxygen atoms in total. The topological polar surface area (TPSA) is 89.9 Å². The Balaban J connectivity index is 1.47. The minimum Gasteiger partial charge on any atom is -0.493 e. The van der Waals surface area contributed by atoms with Crippen LogP contribution in [0.3, 0.4) is 0 Å². The smallest absolute Gasteiger partial charge is 0.330 e. The molecule has 28 heavy (non-hydrogen) atoms. The molecule has 2 aromatic heterocycles. The van der Waals surface area contributed by atoms with Crippen LogP contribution in [0.4, 0.5) is 0 Å². The number of H-pyrrole nitrogens is 1. The molecule has 144 valence electrons. The maximum absolute atomic E-state index is 12.6. The Bertz CT molecular complexity index is 1130.